The predicted octanol–water partition coefficient (Wildman–Crippen LogP) is 3.42. The van der Waals surface area contributed by atoms with Crippen LogP contribution in [0.3, 0.4) is 0 Å². The highest BCUT2D eigenvalue weighted by molar-refractivity contribution is 6.39. The Morgan fingerprint density at radius 3 is 2.71 bits per heavy atom. The van der Waals surface area contributed by atoms with Crippen LogP contribution in [-0.2, 0) is 0 Å². The second-order valence-electron chi connectivity index (χ2n) is 3.48. The van der Waals surface area contributed by atoms with E-state index in [1.165, 1.54) is 0 Å². The molecule has 0 bridgehead atoms. The molecule has 2 rings (SSSR count). The number of nitrogen functional groups attached to an aromatic ring is 1. The molecule has 6 heteroatoms. The van der Waals surface area contributed by atoms with Gasteiger partial charge in [-0.2, -0.15) is 4.98 Å². The van der Waals surface area contributed by atoms with Gasteiger partial charge in [-0.25, -0.2) is 4.98 Å². The number of nitrogens with one attached hydrogen (secondary N) is 1. The Morgan fingerprint density at radius 2 is 2.00 bits per heavy atom. The first kappa shape index (κ1) is 12.0. The molecule has 0 saturated heterocycles. The molecule has 88 valence electrons. The van der Waals surface area contributed by atoms with E-state index in [9.17, 15) is 0 Å². The highest BCUT2D eigenvalue weighted by Gasteiger charge is 2.09. The Bertz CT molecular complexity index is 557. The van der Waals surface area contributed by atoms with Crippen LogP contribution in [0.25, 0.3) is 0 Å². The maximum Gasteiger partial charge on any atom is 0.221 e. The van der Waals surface area contributed by atoms with Crippen LogP contribution in [0.2, 0.25) is 10.0 Å². The fourth-order valence-corrected chi connectivity index (χ4v) is 1.81. The molecule has 3 N–H and O–H groups in total. The number of hydrogen-bond acceptors (Lipinski definition) is 4. The summed E-state index contributed by atoms with van der Waals surface area (Å²) in [5.41, 5.74) is 7.04. The van der Waals surface area contributed by atoms with Gasteiger partial charge in [-0.15, -0.1) is 0 Å². The maximum absolute atomic E-state index is 6.17. The first-order valence-electron chi connectivity index (χ1n) is 4.88. The lowest BCUT2D eigenvalue weighted by molar-refractivity contribution is 1.18. The summed E-state index contributed by atoms with van der Waals surface area (Å²) in [5, 5.41) is 4.12. The lowest BCUT2D eigenvalue weighted by Gasteiger charge is -2.11. The zero-order valence-electron chi connectivity index (χ0n) is 9.04. The van der Waals surface area contributed by atoms with Crippen molar-refractivity contribution < 1.29 is 0 Å². The average Bonchev–Trinajstić information content (AvgIpc) is 2.30. The topological polar surface area (TPSA) is 63.8 Å². The van der Waals surface area contributed by atoms with E-state index in [1.54, 1.807) is 18.3 Å². The van der Waals surface area contributed by atoms with Gasteiger partial charge in [-0.1, -0.05) is 29.3 Å². The van der Waals surface area contributed by atoms with E-state index in [0.717, 1.165) is 5.56 Å². The largest absolute Gasteiger partial charge is 0.368 e. The lowest BCUT2D eigenvalue weighted by atomic mass is 10.2. The molecule has 1 aromatic carbocycles. The molecule has 4 nitrogen and oxygen atoms in total. The number of nitrogens with two attached hydrogens (primary N) is 1. The Balaban J connectivity index is 2.39. The van der Waals surface area contributed by atoms with Crippen LogP contribution < -0.4 is 11.1 Å². The van der Waals surface area contributed by atoms with Crippen LogP contribution in [0.5, 0.6) is 0 Å². The zero-order chi connectivity index (χ0) is 12.4. The van der Waals surface area contributed by atoms with Gasteiger partial charge < -0.3 is 11.1 Å². The fraction of sp³-hybridized carbons (Fsp3) is 0.0909. The second-order valence-corrected chi connectivity index (χ2v) is 4.26. The van der Waals surface area contributed by atoms with Crippen molar-refractivity contribution in [1.29, 1.82) is 0 Å². The molecular formula is C11H10Cl2N4. The number of halogens is 2. The van der Waals surface area contributed by atoms with Crippen LogP contribution in [0, 0.1) is 6.92 Å². The molecule has 17 heavy (non-hydrogen) atoms. The van der Waals surface area contributed by atoms with Crippen molar-refractivity contribution in [2.75, 3.05) is 11.1 Å². The maximum atomic E-state index is 6.17. The van der Waals surface area contributed by atoms with E-state index >= 15 is 0 Å². The molecule has 2 aromatic rings. The van der Waals surface area contributed by atoms with Crippen LogP contribution in [0.4, 0.5) is 17.5 Å². The molecule has 0 saturated carbocycles. The Labute approximate surface area is 109 Å². The van der Waals surface area contributed by atoms with Gasteiger partial charge in [0.05, 0.1) is 15.7 Å². The van der Waals surface area contributed by atoms with E-state index in [1.807, 2.05) is 13.0 Å². The number of rotatable bonds is 2. The lowest BCUT2D eigenvalue weighted by Crippen LogP contribution is -2.00. The second kappa shape index (κ2) is 4.77. The molecule has 1 aromatic heterocycles. The van der Waals surface area contributed by atoms with Crippen molar-refractivity contribution in [1.82, 2.24) is 9.97 Å². The smallest absolute Gasteiger partial charge is 0.221 e. The van der Waals surface area contributed by atoms with Crippen molar-refractivity contribution in [3.63, 3.8) is 0 Å². The molecule has 0 aliphatic carbocycles. The minimum absolute atomic E-state index is 0.190. The Hall–Kier alpha value is -1.52. The van der Waals surface area contributed by atoms with E-state index in [-0.39, 0.29) is 5.95 Å². The summed E-state index contributed by atoms with van der Waals surface area (Å²) in [6.45, 7) is 1.90. The standard InChI is InChI=1S/C11H10Cl2N4/c1-6-2-3-7(12)10(9(6)13)16-8-4-5-15-11(14)17-8/h2-5H,1H3,(H3,14,15,16,17). The molecule has 0 radical (unpaired) electrons. The van der Waals surface area contributed by atoms with Crippen LogP contribution in [0.15, 0.2) is 24.4 Å². The molecule has 0 aliphatic rings. The van der Waals surface area contributed by atoms with Gasteiger partial charge in [-0.05, 0) is 24.6 Å². The average molecular weight is 269 g/mol. The number of aryl methyl sites for hydroxylation is 1. The summed E-state index contributed by atoms with van der Waals surface area (Å²) >= 11 is 12.2. The summed E-state index contributed by atoms with van der Waals surface area (Å²) in [4.78, 5) is 7.82. The summed E-state index contributed by atoms with van der Waals surface area (Å²) < 4.78 is 0. The molecule has 0 atom stereocenters. The number of aromatic nitrogens is 2. The third-order valence-corrected chi connectivity index (χ3v) is 3.01. The van der Waals surface area contributed by atoms with Gasteiger partial charge in [-0.3, -0.25) is 0 Å². The van der Waals surface area contributed by atoms with Gasteiger partial charge in [0.1, 0.15) is 5.82 Å². The summed E-state index contributed by atoms with van der Waals surface area (Å²) in [5.74, 6) is 0.738. The highest BCUT2D eigenvalue weighted by Crippen LogP contribution is 2.34. The van der Waals surface area contributed by atoms with Crippen molar-refractivity contribution >= 4 is 40.7 Å². The van der Waals surface area contributed by atoms with Crippen molar-refractivity contribution in [2.45, 2.75) is 6.92 Å². The van der Waals surface area contributed by atoms with Gasteiger partial charge in [0, 0.05) is 6.20 Å². The predicted molar refractivity (Wildman–Crippen MR) is 70.9 cm³/mol. The third-order valence-electron chi connectivity index (χ3n) is 2.21. The molecular weight excluding hydrogens is 259 g/mol. The molecule has 0 amide bonds. The quantitative estimate of drug-likeness (QED) is 0.876. The van der Waals surface area contributed by atoms with E-state index < -0.39 is 0 Å². The molecule has 0 spiro atoms. The van der Waals surface area contributed by atoms with Gasteiger partial charge in [0.15, 0.2) is 0 Å². The minimum Gasteiger partial charge on any atom is -0.368 e. The Kier molecular flexibility index (Phi) is 3.36. The van der Waals surface area contributed by atoms with Gasteiger partial charge in [0.25, 0.3) is 0 Å². The molecule has 1 heterocycles. The first-order valence-corrected chi connectivity index (χ1v) is 5.63. The van der Waals surface area contributed by atoms with E-state index in [4.69, 9.17) is 28.9 Å². The van der Waals surface area contributed by atoms with E-state index in [2.05, 4.69) is 15.3 Å². The zero-order valence-corrected chi connectivity index (χ0v) is 10.5. The SMILES string of the molecule is Cc1ccc(Cl)c(Nc2ccnc(N)n2)c1Cl. The monoisotopic (exact) mass is 268 g/mol. The summed E-state index contributed by atoms with van der Waals surface area (Å²) in [6, 6.07) is 5.31. The van der Waals surface area contributed by atoms with Crippen LogP contribution >= 0.6 is 23.2 Å². The van der Waals surface area contributed by atoms with Crippen LogP contribution in [-0.4, -0.2) is 9.97 Å². The van der Waals surface area contributed by atoms with E-state index in [0.29, 0.717) is 21.6 Å². The number of anilines is 3. The van der Waals surface area contributed by atoms with Crippen molar-refractivity contribution in [3.05, 3.63) is 40.0 Å². The Morgan fingerprint density at radius 1 is 1.24 bits per heavy atom. The fourth-order valence-electron chi connectivity index (χ4n) is 1.34. The van der Waals surface area contributed by atoms with Crippen molar-refractivity contribution in [2.24, 2.45) is 0 Å². The number of hydrogen-bond donors (Lipinski definition) is 2. The van der Waals surface area contributed by atoms with Gasteiger partial charge >= 0.3 is 0 Å². The normalized spacial score (nSPS) is 10.3. The molecule has 0 aliphatic heterocycles. The summed E-state index contributed by atoms with van der Waals surface area (Å²) in [7, 11) is 0. The summed E-state index contributed by atoms with van der Waals surface area (Å²) in [6.07, 6.45) is 1.56. The van der Waals surface area contributed by atoms with Crippen molar-refractivity contribution in [3.8, 4) is 0 Å². The number of nitrogens with zero attached hydrogens (tertiary/aromatic N) is 2. The minimum atomic E-state index is 0.190. The number of benzene rings is 1. The van der Waals surface area contributed by atoms with Crippen LogP contribution in [0.1, 0.15) is 5.56 Å². The highest BCUT2D eigenvalue weighted by atomic mass is 35.5. The third kappa shape index (κ3) is 2.60. The van der Waals surface area contributed by atoms with Gasteiger partial charge in [0.2, 0.25) is 5.95 Å². The molecule has 0 unspecified atom stereocenters. The molecule has 0 fully saturated rings. The first-order chi connectivity index (χ1) is 8.08.